The van der Waals surface area contributed by atoms with Gasteiger partial charge in [0.25, 0.3) is 0 Å². The van der Waals surface area contributed by atoms with Crippen LogP contribution < -0.4 is 0 Å². The maximum absolute atomic E-state index is 12.7. The normalized spacial score (nSPS) is 48.8. The zero-order valence-electron chi connectivity index (χ0n) is 55.9. The summed E-state index contributed by atoms with van der Waals surface area (Å²) < 4.78 is 43.2. The summed E-state index contributed by atoms with van der Waals surface area (Å²) in [4.78, 5) is 85.5. The molecule has 15 nitrogen and oxygen atoms in total. The molecule has 0 radical (unpaired) electrons. The molecule has 15 heteroatoms. The van der Waals surface area contributed by atoms with Gasteiger partial charge in [0.05, 0.1) is 49.9 Å². The number of rotatable bonds is 9. The van der Waals surface area contributed by atoms with E-state index in [-0.39, 0.29) is 78.4 Å². The number of carbonyl (C=O) groups excluding carboxylic acids is 7. The third kappa shape index (κ3) is 11.7. The highest BCUT2D eigenvalue weighted by Crippen LogP contribution is 2.73. The van der Waals surface area contributed by atoms with Gasteiger partial charge in [0.2, 0.25) is 18.0 Å². The van der Waals surface area contributed by atoms with Gasteiger partial charge in [0.1, 0.15) is 11.2 Å². The maximum Gasteiger partial charge on any atom is 0.350 e. The van der Waals surface area contributed by atoms with Gasteiger partial charge < -0.3 is 37.9 Å². The summed E-state index contributed by atoms with van der Waals surface area (Å²) in [5.41, 5.74) is -2.41. The largest absolute Gasteiger partial charge is 0.465 e. The highest BCUT2D eigenvalue weighted by atomic mass is 16.7. The van der Waals surface area contributed by atoms with Crippen LogP contribution in [0.1, 0.15) is 200 Å². The smallest absolute Gasteiger partial charge is 0.350 e. The molecule has 0 spiro atoms. The molecule has 3 aliphatic heterocycles. The van der Waals surface area contributed by atoms with Crippen molar-refractivity contribution in [2.24, 2.45) is 166 Å². The monoisotopic (exact) mass is 1230 g/mol. The molecule has 0 aromatic rings. The van der Waals surface area contributed by atoms with E-state index in [4.69, 9.17) is 37.9 Å². The number of hydrogen-bond acceptors (Lipinski definition) is 15. The third-order valence-corrected chi connectivity index (χ3v) is 28.2. The van der Waals surface area contributed by atoms with E-state index in [0.717, 1.165) is 147 Å². The molecule has 12 saturated carbocycles. The molecule has 88 heavy (non-hydrogen) atoms. The van der Waals surface area contributed by atoms with Crippen molar-refractivity contribution in [2.45, 2.75) is 229 Å². The molecule has 0 N–H and O–H groups in total. The van der Waals surface area contributed by atoms with Crippen molar-refractivity contribution in [3.05, 3.63) is 0 Å². The minimum absolute atomic E-state index is 0.0426. The van der Waals surface area contributed by atoms with Gasteiger partial charge >= 0.3 is 41.8 Å². The molecule has 31 unspecified atom stereocenters. The van der Waals surface area contributed by atoms with Crippen LogP contribution in [0.25, 0.3) is 0 Å². The van der Waals surface area contributed by atoms with Crippen LogP contribution in [0.3, 0.4) is 0 Å². The topological polar surface area (TPSA) is 193 Å². The SMILES string of the molecule is CC1C(C)C2CC1C1C3CC(C(=O)OC(C)(C)C)C(C3)C21.CC1C(C)C2CC1C1C3CC(C(=O)OC4CCCCO4)C(C3)C21.CC1C2CC(C(=O)OC(C)(C)C(=O)OC3CCOC3=O)C(C2)C1C.CC1C2CC(C(=O)OC3(C)CCOC(=O)C3)C(C2)C1C. The Labute approximate surface area is 525 Å². The second kappa shape index (κ2) is 24.3. The van der Waals surface area contributed by atoms with E-state index in [2.05, 4.69) is 55.4 Å². The summed E-state index contributed by atoms with van der Waals surface area (Å²) in [6.07, 6.45) is 14.9. The molecule has 15 rings (SSSR count). The first-order valence-electron chi connectivity index (χ1n) is 35.6. The van der Waals surface area contributed by atoms with Crippen molar-refractivity contribution >= 4 is 41.8 Å². The predicted octanol–water partition coefficient (Wildman–Crippen LogP) is 12.7. The van der Waals surface area contributed by atoms with Crippen molar-refractivity contribution < 1.29 is 71.5 Å². The first-order chi connectivity index (χ1) is 41.5. The van der Waals surface area contributed by atoms with Crippen molar-refractivity contribution in [3.63, 3.8) is 0 Å². The second-order valence-corrected chi connectivity index (χ2v) is 33.9. The van der Waals surface area contributed by atoms with Gasteiger partial charge in [0, 0.05) is 19.3 Å². The first kappa shape index (κ1) is 64.4. The maximum atomic E-state index is 12.7. The molecule has 0 aromatic heterocycles. The molecule has 31 atom stereocenters. The highest BCUT2D eigenvalue weighted by Gasteiger charge is 2.69. The molecule has 3 saturated heterocycles. The molecule has 12 bridgehead atoms. The minimum atomic E-state index is -1.41. The van der Waals surface area contributed by atoms with Gasteiger partial charge in [-0.1, -0.05) is 55.4 Å². The fourth-order valence-electron chi connectivity index (χ4n) is 23.3. The lowest BCUT2D eigenvalue weighted by atomic mass is 9.62. The van der Waals surface area contributed by atoms with Gasteiger partial charge in [-0.05, 0) is 261 Å². The van der Waals surface area contributed by atoms with Crippen LogP contribution >= 0.6 is 0 Å². The van der Waals surface area contributed by atoms with E-state index in [0.29, 0.717) is 72.7 Å². The van der Waals surface area contributed by atoms with E-state index < -0.39 is 29.2 Å². The summed E-state index contributed by atoms with van der Waals surface area (Å²) in [7, 11) is 0. The predicted molar refractivity (Wildman–Crippen MR) is 325 cm³/mol. The van der Waals surface area contributed by atoms with E-state index in [1.54, 1.807) is 0 Å². The molecule has 0 aromatic carbocycles. The fourth-order valence-corrected chi connectivity index (χ4v) is 23.3. The molecule has 0 amide bonds. The molecular weight excluding hydrogens is 1120 g/mol. The lowest BCUT2D eigenvalue weighted by molar-refractivity contribution is -0.194. The Bertz CT molecular complexity index is 2650. The van der Waals surface area contributed by atoms with E-state index in [1.807, 2.05) is 27.7 Å². The Hall–Kier alpha value is -3.75. The number of carbonyl (C=O) groups is 7. The van der Waals surface area contributed by atoms with Crippen LogP contribution in [-0.4, -0.2) is 90.8 Å². The quantitative estimate of drug-likeness (QED) is 0.120. The number of hydrogen-bond donors (Lipinski definition) is 0. The van der Waals surface area contributed by atoms with Crippen molar-refractivity contribution in [2.75, 3.05) is 19.8 Å². The molecule has 492 valence electrons. The second-order valence-electron chi connectivity index (χ2n) is 33.9. The summed E-state index contributed by atoms with van der Waals surface area (Å²) in [5, 5.41) is 0. The van der Waals surface area contributed by atoms with Crippen LogP contribution in [0.2, 0.25) is 0 Å². The van der Waals surface area contributed by atoms with Crippen LogP contribution in [-0.2, 0) is 71.5 Å². The van der Waals surface area contributed by atoms with Crippen LogP contribution in [0.5, 0.6) is 0 Å². The lowest BCUT2D eigenvalue weighted by Gasteiger charge is -2.43. The average Bonchev–Trinajstić information content (AvgIpc) is 1.56. The first-order valence-corrected chi connectivity index (χ1v) is 35.6. The number of esters is 7. The zero-order valence-corrected chi connectivity index (χ0v) is 55.9. The van der Waals surface area contributed by atoms with Crippen LogP contribution in [0.4, 0.5) is 0 Å². The molecule has 12 aliphatic carbocycles. The third-order valence-electron chi connectivity index (χ3n) is 28.2. The Kier molecular flexibility index (Phi) is 17.8. The minimum Gasteiger partial charge on any atom is -0.465 e. The highest BCUT2D eigenvalue weighted by molar-refractivity contribution is 5.87. The average molecular weight is 1230 g/mol. The molecule has 15 fully saturated rings. The Morgan fingerprint density at radius 2 is 0.920 bits per heavy atom. The fraction of sp³-hybridized carbons (Fsp3) is 0.904. The van der Waals surface area contributed by atoms with Gasteiger partial charge in [-0.15, -0.1) is 0 Å². The zero-order chi connectivity index (χ0) is 63.0. The van der Waals surface area contributed by atoms with E-state index in [1.165, 1.54) is 46.0 Å². The van der Waals surface area contributed by atoms with Gasteiger partial charge in [0.15, 0.2) is 0 Å². The van der Waals surface area contributed by atoms with Crippen LogP contribution in [0.15, 0.2) is 0 Å². The van der Waals surface area contributed by atoms with Crippen molar-refractivity contribution in [3.8, 4) is 0 Å². The summed E-state index contributed by atoms with van der Waals surface area (Å²) in [6.45, 7) is 31.1. The van der Waals surface area contributed by atoms with E-state index >= 15 is 0 Å². The van der Waals surface area contributed by atoms with Crippen molar-refractivity contribution in [1.82, 2.24) is 0 Å². The lowest BCUT2D eigenvalue weighted by Crippen LogP contribution is -2.44. The Balaban J connectivity index is 0.000000114. The van der Waals surface area contributed by atoms with Gasteiger partial charge in [-0.2, -0.15) is 0 Å². The number of fused-ring (bicyclic) bond motifs is 22. The molecule has 15 aliphatic rings. The molecular formula is C73H110O15. The standard InChI is InChI=1S/C20H30O3.C19H30O2.C18H26O6.C16H24O4/c1-10-11(2)14-9-13(10)18-12-7-15(19(14)18)16(8-12)20(21)23-17-5-3-4-6-22-17;1-9-10(2)13-8-12(9)16-11-6-14(17(13)16)15(7-11)18(20)21-19(3,4)5;1-9-10(2)12-7-11(9)8-13(12)15(19)24-18(3,4)17(21)23-14-5-6-22-16(14)20;1-9-10(2)12-6-11(9)7-13(12)15(18)20-16(3)4-5-19-14(17)8-16/h10-19H,3-9H2,1-2H3;9-17H,6-8H2,1-5H3;9-14H,5-8H2,1-4H3;9-13H,4-8H2,1-3H3. The summed E-state index contributed by atoms with van der Waals surface area (Å²) >= 11 is 0. The number of cyclic esters (lactones) is 2. The summed E-state index contributed by atoms with van der Waals surface area (Å²) in [6, 6.07) is 0. The Morgan fingerprint density at radius 3 is 1.39 bits per heavy atom. The van der Waals surface area contributed by atoms with Gasteiger partial charge in [-0.25, -0.2) is 9.59 Å². The summed E-state index contributed by atoms with van der Waals surface area (Å²) in [5.74, 6) is 16.8. The van der Waals surface area contributed by atoms with Crippen LogP contribution in [0, 0.1) is 166 Å². The van der Waals surface area contributed by atoms with Gasteiger partial charge in [-0.3, -0.25) is 24.0 Å². The number of ether oxygens (including phenoxy) is 8. The Morgan fingerprint density at radius 1 is 0.455 bits per heavy atom. The molecule has 3 heterocycles. The van der Waals surface area contributed by atoms with Crippen molar-refractivity contribution in [1.29, 1.82) is 0 Å². The van der Waals surface area contributed by atoms with E-state index in [9.17, 15) is 33.6 Å².